The van der Waals surface area contributed by atoms with Gasteiger partial charge >= 0.3 is 6.61 Å². The van der Waals surface area contributed by atoms with Gasteiger partial charge < -0.3 is 20.3 Å². The monoisotopic (exact) mass is 370 g/mol. The van der Waals surface area contributed by atoms with Gasteiger partial charge in [-0.25, -0.2) is 0 Å². The van der Waals surface area contributed by atoms with Crippen LogP contribution in [0.25, 0.3) is 0 Å². The van der Waals surface area contributed by atoms with E-state index in [1.165, 1.54) is 12.1 Å². The number of rotatable bonds is 10. The van der Waals surface area contributed by atoms with Crippen molar-refractivity contribution in [2.75, 3.05) is 26.7 Å². The summed E-state index contributed by atoms with van der Waals surface area (Å²) in [6.07, 6.45) is 1.24. The summed E-state index contributed by atoms with van der Waals surface area (Å²) in [7, 11) is 1.88. The smallest absolute Gasteiger partial charge is 0.387 e. The van der Waals surface area contributed by atoms with E-state index in [1.807, 2.05) is 25.8 Å². The summed E-state index contributed by atoms with van der Waals surface area (Å²) in [6, 6.07) is 6.49. The number of carbonyl (C=O) groups is 1. The molecule has 146 valence electrons. The van der Waals surface area contributed by atoms with Crippen LogP contribution in [0.5, 0.6) is 5.75 Å². The molecule has 0 aliphatic heterocycles. The van der Waals surface area contributed by atoms with Gasteiger partial charge in [-0.2, -0.15) is 8.78 Å². The van der Waals surface area contributed by atoms with Crippen molar-refractivity contribution in [3.63, 3.8) is 0 Å². The van der Waals surface area contributed by atoms with E-state index in [4.69, 9.17) is 0 Å². The van der Waals surface area contributed by atoms with Crippen LogP contribution in [0.4, 0.5) is 8.78 Å². The lowest BCUT2D eigenvalue weighted by Gasteiger charge is -2.22. The summed E-state index contributed by atoms with van der Waals surface area (Å²) in [5, 5.41) is 6.00. The molecule has 6 nitrogen and oxygen atoms in total. The van der Waals surface area contributed by atoms with E-state index < -0.39 is 6.61 Å². The fourth-order valence-corrected chi connectivity index (χ4v) is 2.21. The van der Waals surface area contributed by atoms with E-state index in [0.717, 1.165) is 12.0 Å². The van der Waals surface area contributed by atoms with Crippen LogP contribution in [-0.2, 0) is 11.3 Å². The predicted molar refractivity (Wildman–Crippen MR) is 98.4 cm³/mol. The van der Waals surface area contributed by atoms with Crippen molar-refractivity contribution in [3.05, 3.63) is 29.8 Å². The van der Waals surface area contributed by atoms with Gasteiger partial charge in [0.15, 0.2) is 5.96 Å². The molecule has 1 amide bonds. The third-order valence-electron chi connectivity index (χ3n) is 3.44. The zero-order valence-corrected chi connectivity index (χ0v) is 15.6. The topological polar surface area (TPSA) is 66.0 Å². The molecule has 8 heteroatoms. The summed E-state index contributed by atoms with van der Waals surface area (Å²) in [5.41, 5.74) is 0.931. The average molecular weight is 370 g/mol. The number of aliphatic imine (C=N–C) groups is 1. The molecule has 1 aromatic carbocycles. The van der Waals surface area contributed by atoms with Crippen LogP contribution in [-0.4, -0.2) is 50.1 Å². The molecule has 0 atom stereocenters. The van der Waals surface area contributed by atoms with Gasteiger partial charge in [0.05, 0.1) is 6.54 Å². The molecule has 0 unspecified atom stereocenters. The maximum atomic E-state index is 12.2. The highest BCUT2D eigenvalue weighted by Crippen LogP contribution is 2.15. The number of nitrogens with one attached hydrogen (secondary N) is 2. The van der Waals surface area contributed by atoms with E-state index in [1.54, 1.807) is 12.1 Å². The summed E-state index contributed by atoms with van der Waals surface area (Å²) in [5.74, 6) is 0.803. The minimum atomic E-state index is -2.83. The first-order valence-electron chi connectivity index (χ1n) is 8.76. The van der Waals surface area contributed by atoms with Crippen LogP contribution in [0.15, 0.2) is 29.3 Å². The van der Waals surface area contributed by atoms with E-state index in [-0.39, 0.29) is 11.7 Å². The Morgan fingerprint density at radius 1 is 1.23 bits per heavy atom. The molecule has 2 N–H and O–H groups in total. The molecule has 0 saturated carbocycles. The van der Waals surface area contributed by atoms with Crippen LogP contribution < -0.4 is 15.4 Å². The number of hydrogen-bond acceptors (Lipinski definition) is 3. The number of hydrogen-bond donors (Lipinski definition) is 2. The third kappa shape index (κ3) is 8.64. The second-order valence-electron chi connectivity index (χ2n) is 5.71. The SMILES string of the molecule is CCCNC(=O)CCN=C(NCC)N(C)Cc1ccc(OC(F)F)cc1. The normalized spacial score (nSPS) is 11.4. The van der Waals surface area contributed by atoms with Crippen molar-refractivity contribution >= 4 is 11.9 Å². The number of amides is 1. The van der Waals surface area contributed by atoms with Crippen LogP contribution in [0.1, 0.15) is 32.3 Å². The Balaban J connectivity index is 2.59. The van der Waals surface area contributed by atoms with Gasteiger partial charge in [0.1, 0.15) is 5.75 Å². The molecule has 0 aliphatic rings. The van der Waals surface area contributed by atoms with Crippen LogP contribution >= 0.6 is 0 Å². The highest BCUT2D eigenvalue weighted by molar-refractivity contribution is 5.80. The maximum absolute atomic E-state index is 12.2. The van der Waals surface area contributed by atoms with Crippen molar-refractivity contribution in [2.45, 2.75) is 39.8 Å². The van der Waals surface area contributed by atoms with E-state index in [0.29, 0.717) is 38.6 Å². The second kappa shape index (κ2) is 12.1. The van der Waals surface area contributed by atoms with Gasteiger partial charge in [0, 0.05) is 33.1 Å². The van der Waals surface area contributed by atoms with Gasteiger partial charge in [0.2, 0.25) is 5.91 Å². The Bertz CT molecular complexity index is 565. The Labute approximate surface area is 153 Å². The van der Waals surface area contributed by atoms with E-state index in [9.17, 15) is 13.6 Å². The van der Waals surface area contributed by atoms with Gasteiger partial charge in [0.25, 0.3) is 0 Å². The summed E-state index contributed by atoms with van der Waals surface area (Å²) in [4.78, 5) is 18.0. The van der Waals surface area contributed by atoms with Crippen molar-refractivity contribution in [3.8, 4) is 5.75 Å². The van der Waals surface area contributed by atoms with Crippen LogP contribution in [0.2, 0.25) is 0 Å². The fourth-order valence-electron chi connectivity index (χ4n) is 2.21. The first kappa shape index (κ1) is 21.7. The largest absolute Gasteiger partial charge is 0.435 e. The molecule has 0 aliphatic carbocycles. The molecular weight excluding hydrogens is 342 g/mol. The maximum Gasteiger partial charge on any atom is 0.387 e. The Hall–Kier alpha value is -2.38. The first-order chi connectivity index (χ1) is 12.5. The van der Waals surface area contributed by atoms with Gasteiger partial charge in [-0.05, 0) is 31.0 Å². The van der Waals surface area contributed by atoms with Crippen LogP contribution in [0, 0.1) is 0 Å². The van der Waals surface area contributed by atoms with Gasteiger partial charge in [-0.3, -0.25) is 9.79 Å². The van der Waals surface area contributed by atoms with Gasteiger partial charge in [-0.1, -0.05) is 19.1 Å². The molecule has 26 heavy (non-hydrogen) atoms. The lowest BCUT2D eigenvalue weighted by Crippen LogP contribution is -2.38. The average Bonchev–Trinajstić information content (AvgIpc) is 2.60. The number of guanidine groups is 1. The van der Waals surface area contributed by atoms with Gasteiger partial charge in [-0.15, -0.1) is 0 Å². The zero-order valence-electron chi connectivity index (χ0n) is 15.6. The number of halogens is 2. The molecule has 0 heterocycles. The van der Waals surface area contributed by atoms with Crippen molar-refractivity contribution in [1.29, 1.82) is 0 Å². The first-order valence-corrected chi connectivity index (χ1v) is 8.76. The lowest BCUT2D eigenvalue weighted by molar-refractivity contribution is -0.120. The third-order valence-corrected chi connectivity index (χ3v) is 3.44. The molecule has 0 aromatic heterocycles. The minimum absolute atomic E-state index is 0.0104. The molecular formula is C18H28F2N4O2. The Morgan fingerprint density at radius 2 is 1.92 bits per heavy atom. The Kier molecular flexibility index (Phi) is 10.0. The lowest BCUT2D eigenvalue weighted by atomic mass is 10.2. The zero-order chi connectivity index (χ0) is 19.4. The fraction of sp³-hybridized carbons (Fsp3) is 0.556. The van der Waals surface area contributed by atoms with Crippen LogP contribution in [0.3, 0.4) is 0 Å². The molecule has 0 spiro atoms. The number of benzene rings is 1. The molecule has 0 bridgehead atoms. The number of ether oxygens (including phenoxy) is 1. The number of nitrogens with zero attached hydrogens (tertiary/aromatic N) is 2. The molecule has 1 aromatic rings. The number of carbonyl (C=O) groups excluding carboxylic acids is 1. The minimum Gasteiger partial charge on any atom is -0.435 e. The molecule has 0 fully saturated rings. The highest BCUT2D eigenvalue weighted by Gasteiger charge is 2.08. The van der Waals surface area contributed by atoms with E-state index in [2.05, 4.69) is 20.4 Å². The quantitative estimate of drug-likeness (QED) is 0.491. The van der Waals surface area contributed by atoms with Crippen molar-refractivity contribution in [1.82, 2.24) is 15.5 Å². The van der Waals surface area contributed by atoms with Crippen molar-refractivity contribution < 1.29 is 18.3 Å². The molecule has 0 radical (unpaired) electrons. The summed E-state index contributed by atoms with van der Waals surface area (Å²) >= 11 is 0. The Morgan fingerprint density at radius 3 is 2.50 bits per heavy atom. The summed E-state index contributed by atoms with van der Waals surface area (Å²) in [6.45, 7) is 3.45. The second-order valence-corrected chi connectivity index (χ2v) is 5.71. The summed E-state index contributed by atoms with van der Waals surface area (Å²) < 4.78 is 28.7. The predicted octanol–water partition coefficient (Wildman–Crippen LogP) is 2.60. The molecule has 1 rings (SSSR count). The van der Waals surface area contributed by atoms with Crippen molar-refractivity contribution in [2.24, 2.45) is 4.99 Å². The van der Waals surface area contributed by atoms with E-state index >= 15 is 0 Å². The highest BCUT2D eigenvalue weighted by atomic mass is 19.3. The molecule has 0 saturated heterocycles. The standard InChI is InChI=1S/C18H28F2N4O2/c1-4-11-22-16(25)10-12-23-18(21-5-2)24(3)13-14-6-8-15(9-7-14)26-17(19)20/h6-9,17H,4-5,10-13H2,1-3H3,(H,21,23)(H,22,25). The number of alkyl halides is 2.